The zero-order valence-electron chi connectivity index (χ0n) is 16.0. The lowest BCUT2D eigenvalue weighted by atomic mass is 10.1. The van der Waals surface area contributed by atoms with Gasteiger partial charge >= 0.3 is 0 Å². The molecule has 1 saturated heterocycles. The van der Waals surface area contributed by atoms with Gasteiger partial charge in [0.1, 0.15) is 5.25 Å². The maximum atomic E-state index is 12.6. The molecule has 1 atom stereocenters. The van der Waals surface area contributed by atoms with Crippen LogP contribution in [-0.2, 0) is 16.1 Å². The molecule has 0 radical (unpaired) electrons. The molecule has 5 nitrogen and oxygen atoms in total. The topological polar surface area (TPSA) is 61.8 Å². The van der Waals surface area contributed by atoms with Crippen molar-refractivity contribution in [2.45, 2.75) is 18.2 Å². The van der Waals surface area contributed by atoms with Crippen LogP contribution in [0.15, 0.2) is 77.8 Å². The van der Waals surface area contributed by atoms with Gasteiger partial charge in [0.2, 0.25) is 11.8 Å². The smallest absolute Gasteiger partial charge is 0.242 e. The van der Waals surface area contributed by atoms with E-state index in [0.717, 1.165) is 22.0 Å². The van der Waals surface area contributed by atoms with Crippen molar-refractivity contribution in [1.29, 1.82) is 0 Å². The van der Waals surface area contributed by atoms with Crippen molar-refractivity contribution >= 4 is 45.2 Å². The lowest BCUT2D eigenvalue weighted by molar-refractivity contribution is -0.128. The molecule has 0 spiro atoms. The van der Waals surface area contributed by atoms with Crippen molar-refractivity contribution in [3.8, 4) is 0 Å². The number of thioether (sulfide) groups is 1. The molecule has 29 heavy (non-hydrogen) atoms. The maximum absolute atomic E-state index is 12.6. The second kappa shape index (κ2) is 8.49. The van der Waals surface area contributed by atoms with Crippen LogP contribution in [0.3, 0.4) is 0 Å². The summed E-state index contributed by atoms with van der Waals surface area (Å²) in [6.45, 7) is 0.456. The molecule has 0 saturated carbocycles. The van der Waals surface area contributed by atoms with Crippen molar-refractivity contribution in [2.24, 2.45) is 4.99 Å². The Morgan fingerprint density at radius 1 is 1.03 bits per heavy atom. The van der Waals surface area contributed by atoms with E-state index in [-0.39, 0.29) is 18.2 Å². The second-order valence-corrected chi connectivity index (χ2v) is 8.03. The van der Waals surface area contributed by atoms with Gasteiger partial charge in [0.05, 0.1) is 5.69 Å². The van der Waals surface area contributed by atoms with Gasteiger partial charge in [-0.25, -0.2) is 4.99 Å². The highest BCUT2D eigenvalue weighted by Gasteiger charge is 2.37. The minimum Gasteiger partial charge on any atom is -0.352 e. The Hall–Kier alpha value is -3.12. The summed E-state index contributed by atoms with van der Waals surface area (Å²) < 4.78 is 0. The maximum Gasteiger partial charge on any atom is 0.242 e. The number of amidine groups is 1. The van der Waals surface area contributed by atoms with Crippen molar-refractivity contribution in [3.05, 3.63) is 78.4 Å². The standard InChI is InChI=1S/C23H21N3O2S/c1-26-22(28)20(14-21(27)24-15-16-8-3-2-4-9-16)29-23(26)25-19-13-7-11-17-10-5-6-12-18(17)19/h2-13,20H,14-15H2,1H3,(H,24,27)/t20-/m0/s1. The van der Waals surface area contributed by atoms with Crippen LogP contribution in [0.1, 0.15) is 12.0 Å². The Bertz CT molecular complexity index is 1080. The molecular formula is C23H21N3O2S. The largest absolute Gasteiger partial charge is 0.352 e. The van der Waals surface area contributed by atoms with Crippen LogP contribution in [-0.4, -0.2) is 34.2 Å². The number of nitrogens with one attached hydrogen (secondary N) is 1. The minimum absolute atomic E-state index is 0.0937. The van der Waals surface area contributed by atoms with Crippen LogP contribution < -0.4 is 5.32 Å². The van der Waals surface area contributed by atoms with Crippen LogP contribution in [0.25, 0.3) is 10.8 Å². The first kappa shape index (κ1) is 19.2. The Labute approximate surface area is 173 Å². The Morgan fingerprint density at radius 2 is 1.76 bits per heavy atom. The summed E-state index contributed by atoms with van der Waals surface area (Å²) in [6, 6.07) is 23.7. The van der Waals surface area contributed by atoms with Crippen molar-refractivity contribution in [1.82, 2.24) is 10.2 Å². The fourth-order valence-corrected chi connectivity index (χ4v) is 4.39. The van der Waals surface area contributed by atoms with Gasteiger partial charge in [-0.15, -0.1) is 0 Å². The molecule has 1 N–H and O–H groups in total. The third-order valence-electron chi connectivity index (χ3n) is 4.83. The third kappa shape index (κ3) is 4.32. The van der Waals surface area contributed by atoms with Crippen LogP contribution in [0.2, 0.25) is 0 Å². The average Bonchev–Trinajstić information content (AvgIpc) is 3.01. The van der Waals surface area contributed by atoms with E-state index in [1.54, 1.807) is 11.9 Å². The molecule has 3 aromatic carbocycles. The second-order valence-electron chi connectivity index (χ2n) is 6.86. The van der Waals surface area contributed by atoms with E-state index in [1.807, 2.05) is 72.8 Å². The van der Waals surface area contributed by atoms with Gasteiger partial charge in [0.15, 0.2) is 5.17 Å². The summed E-state index contributed by atoms with van der Waals surface area (Å²) in [6.07, 6.45) is 0.134. The van der Waals surface area contributed by atoms with E-state index >= 15 is 0 Å². The summed E-state index contributed by atoms with van der Waals surface area (Å²) in [7, 11) is 1.71. The molecule has 1 fully saturated rings. The number of nitrogens with zero attached hydrogens (tertiary/aromatic N) is 2. The number of rotatable bonds is 5. The molecule has 0 aromatic heterocycles. The molecule has 6 heteroatoms. The Kier molecular flexibility index (Phi) is 5.62. The number of carbonyl (C=O) groups excluding carboxylic acids is 2. The van der Waals surface area contributed by atoms with E-state index in [4.69, 9.17) is 4.99 Å². The molecule has 4 rings (SSSR count). The summed E-state index contributed by atoms with van der Waals surface area (Å²) in [4.78, 5) is 31.2. The SMILES string of the molecule is CN1C(=O)[C@H](CC(=O)NCc2ccccc2)SC1=Nc1cccc2ccccc12. The van der Waals surface area contributed by atoms with E-state index in [2.05, 4.69) is 5.32 Å². The molecule has 0 aliphatic carbocycles. The quantitative estimate of drug-likeness (QED) is 0.697. The first-order valence-corrected chi connectivity index (χ1v) is 10.3. The fourth-order valence-electron chi connectivity index (χ4n) is 3.24. The number of hydrogen-bond donors (Lipinski definition) is 1. The molecule has 0 bridgehead atoms. The summed E-state index contributed by atoms with van der Waals surface area (Å²) in [5.74, 6) is -0.233. The van der Waals surface area contributed by atoms with E-state index < -0.39 is 5.25 Å². The van der Waals surface area contributed by atoms with Crippen molar-refractivity contribution in [2.75, 3.05) is 7.05 Å². The highest BCUT2D eigenvalue weighted by Crippen LogP contribution is 2.33. The number of benzene rings is 3. The van der Waals surface area contributed by atoms with E-state index in [9.17, 15) is 9.59 Å². The minimum atomic E-state index is -0.454. The van der Waals surface area contributed by atoms with Gasteiger partial charge in [-0.2, -0.15) is 0 Å². The Balaban J connectivity index is 1.45. The van der Waals surface area contributed by atoms with Gasteiger partial charge in [-0.3, -0.25) is 14.5 Å². The van der Waals surface area contributed by atoms with E-state index in [0.29, 0.717) is 11.7 Å². The zero-order chi connectivity index (χ0) is 20.2. The Morgan fingerprint density at radius 3 is 2.59 bits per heavy atom. The lowest BCUT2D eigenvalue weighted by Gasteiger charge is -2.10. The predicted octanol–water partition coefficient (Wildman–Crippen LogP) is 4.11. The molecule has 1 aliphatic heterocycles. The molecule has 146 valence electrons. The lowest BCUT2D eigenvalue weighted by Crippen LogP contribution is -2.32. The van der Waals surface area contributed by atoms with E-state index in [1.165, 1.54) is 11.8 Å². The average molecular weight is 404 g/mol. The fraction of sp³-hybridized carbons (Fsp3) is 0.174. The number of carbonyl (C=O) groups is 2. The highest BCUT2D eigenvalue weighted by atomic mass is 32.2. The number of fused-ring (bicyclic) bond motifs is 1. The normalized spacial score (nSPS) is 17.8. The van der Waals surface area contributed by atoms with Gasteiger partial charge in [0.25, 0.3) is 0 Å². The molecule has 2 amide bonds. The molecule has 3 aromatic rings. The van der Waals surface area contributed by atoms with Crippen molar-refractivity contribution < 1.29 is 9.59 Å². The third-order valence-corrected chi connectivity index (χ3v) is 6.06. The van der Waals surface area contributed by atoms with Crippen LogP contribution >= 0.6 is 11.8 Å². The van der Waals surface area contributed by atoms with Gasteiger partial charge in [0, 0.05) is 25.4 Å². The monoisotopic (exact) mass is 403 g/mol. The van der Waals surface area contributed by atoms with Crippen molar-refractivity contribution in [3.63, 3.8) is 0 Å². The summed E-state index contributed by atoms with van der Waals surface area (Å²) >= 11 is 1.35. The molecule has 1 aliphatic rings. The number of hydrogen-bond acceptors (Lipinski definition) is 4. The molecule has 0 unspecified atom stereocenters. The van der Waals surface area contributed by atoms with Gasteiger partial charge in [-0.05, 0) is 17.0 Å². The highest BCUT2D eigenvalue weighted by molar-refractivity contribution is 8.15. The predicted molar refractivity (Wildman–Crippen MR) is 118 cm³/mol. The first-order chi connectivity index (χ1) is 14.1. The number of amides is 2. The number of aliphatic imine (C=N–C) groups is 1. The molecular weight excluding hydrogens is 382 g/mol. The summed E-state index contributed by atoms with van der Waals surface area (Å²) in [5.41, 5.74) is 1.85. The zero-order valence-corrected chi connectivity index (χ0v) is 16.9. The van der Waals surface area contributed by atoms with Crippen LogP contribution in [0.5, 0.6) is 0 Å². The van der Waals surface area contributed by atoms with Crippen LogP contribution in [0, 0.1) is 0 Å². The summed E-state index contributed by atoms with van der Waals surface area (Å²) in [5, 5.41) is 5.19. The molecule has 1 heterocycles. The van der Waals surface area contributed by atoms with Crippen LogP contribution in [0.4, 0.5) is 5.69 Å². The van der Waals surface area contributed by atoms with Gasteiger partial charge < -0.3 is 5.32 Å². The van der Waals surface area contributed by atoms with Gasteiger partial charge in [-0.1, -0.05) is 78.5 Å². The first-order valence-electron chi connectivity index (χ1n) is 9.43.